The smallest absolute Gasteiger partial charge is 0.191 e. The van der Waals surface area contributed by atoms with Crippen molar-refractivity contribution in [3.05, 3.63) is 51.0 Å². The highest BCUT2D eigenvalue weighted by molar-refractivity contribution is 14.0. The van der Waals surface area contributed by atoms with E-state index >= 15 is 0 Å². The van der Waals surface area contributed by atoms with Gasteiger partial charge < -0.3 is 15.4 Å². The van der Waals surface area contributed by atoms with Crippen molar-refractivity contribution in [2.24, 2.45) is 4.99 Å². The van der Waals surface area contributed by atoms with E-state index < -0.39 is 0 Å². The molecule has 6 nitrogen and oxygen atoms in total. The quantitative estimate of drug-likeness (QED) is 0.280. The van der Waals surface area contributed by atoms with Crippen LogP contribution in [-0.4, -0.2) is 55.2 Å². The summed E-state index contributed by atoms with van der Waals surface area (Å²) in [5, 5.41) is 8.03. The zero-order valence-corrected chi connectivity index (χ0v) is 22.1. The number of guanidine groups is 1. The lowest BCUT2D eigenvalue weighted by Crippen LogP contribution is -2.38. The summed E-state index contributed by atoms with van der Waals surface area (Å²) in [6.45, 7) is 13.4. The van der Waals surface area contributed by atoms with Crippen molar-refractivity contribution in [1.82, 2.24) is 20.5 Å². The topological polar surface area (TPSA) is 61.8 Å². The third-order valence-electron chi connectivity index (χ3n) is 5.27. The van der Waals surface area contributed by atoms with Gasteiger partial charge >= 0.3 is 0 Å². The number of hydrogen-bond acceptors (Lipinski definition) is 5. The number of hydrogen-bond donors (Lipinski definition) is 2. The first kappa shape index (κ1) is 26.0. The van der Waals surface area contributed by atoms with Gasteiger partial charge in [0.05, 0.1) is 30.5 Å². The second-order valence-corrected chi connectivity index (χ2v) is 8.78. The minimum atomic E-state index is 0. The summed E-state index contributed by atoms with van der Waals surface area (Å²) < 4.78 is 5.47. The summed E-state index contributed by atoms with van der Waals surface area (Å²) in [7, 11) is 0. The lowest BCUT2D eigenvalue weighted by molar-refractivity contribution is 0.0341. The predicted molar refractivity (Wildman–Crippen MR) is 141 cm³/mol. The molecule has 0 atom stereocenters. The van der Waals surface area contributed by atoms with E-state index in [-0.39, 0.29) is 24.0 Å². The molecular weight excluding hydrogens is 521 g/mol. The van der Waals surface area contributed by atoms with Gasteiger partial charge in [-0.3, -0.25) is 4.90 Å². The molecule has 2 aromatic rings. The number of halogens is 1. The van der Waals surface area contributed by atoms with Crippen LogP contribution in [0.2, 0.25) is 0 Å². The fourth-order valence-corrected chi connectivity index (χ4v) is 4.60. The molecule has 1 saturated heterocycles. The van der Waals surface area contributed by atoms with Crippen LogP contribution in [0.25, 0.3) is 0 Å². The van der Waals surface area contributed by atoms with Gasteiger partial charge in [-0.2, -0.15) is 0 Å². The number of aliphatic imine (C=N–C) groups is 1. The summed E-state index contributed by atoms with van der Waals surface area (Å²) in [6, 6.07) is 8.63. The number of nitrogens with zero attached hydrogens (tertiary/aromatic N) is 3. The fraction of sp³-hybridized carbons (Fsp3) is 0.565. The number of aromatic nitrogens is 1. The van der Waals surface area contributed by atoms with Crippen molar-refractivity contribution in [2.45, 2.75) is 46.7 Å². The SMILES string of the molecule is CCNC(=NCc1ccccc1CN1CCOCC1)NCCc1nc(CC)c(C)s1.I. The Kier molecular flexibility index (Phi) is 11.8. The maximum absolute atomic E-state index is 5.47. The number of morpholine rings is 1. The standard InChI is InChI=1S/C23H35N5OS.HI/c1-4-21-18(3)30-22(27-21)10-11-25-23(24-5-2)26-16-19-8-6-7-9-20(19)17-28-12-14-29-15-13-28;/h6-9H,4-5,10-17H2,1-3H3,(H2,24,25,26);1H. The maximum atomic E-state index is 5.47. The highest BCUT2D eigenvalue weighted by Crippen LogP contribution is 2.18. The van der Waals surface area contributed by atoms with Crippen LogP contribution in [0.5, 0.6) is 0 Å². The van der Waals surface area contributed by atoms with Crippen LogP contribution in [0, 0.1) is 6.92 Å². The zero-order chi connectivity index (χ0) is 21.2. The molecular formula is C23H36IN5OS. The van der Waals surface area contributed by atoms with E-state index in [1.807, 2.05) is 11.3 Å². The summed E-state index contributed by atoms with van der Waals surface area (Å²) in [5.41, 5.74) is 3.86. The number of benzene rings is 1. The molecule has 0 aliphatic carbocycles. The number of thiazole rings is 1. The molecule has 3 rings (SSSR count). The largest absolute Gasteiger partial charge is 0.379 e. The molecule has 31 heavy (non-hydrogen) atoms. The molecule has 2 N–H and O–H groups in total. The molecule has 0 spiro atoms. The van der Waals surface area contributed by atoms with Crippen molar-refractivity contribution in [1.29, 1.82) is 0 Å². The lowest BCUT2D eigenvalue weighted by atomic mass is 10.1. The van der Waals surface area contributed by atoms with Gasteiger partial charge in [0.1, 0.15) is 0 Å². The molecule has 1 fully saturated rings. The van der Waals surface area contributed by atoms with Crippen LogP contribution in [0.3, 0.4) is 0 Å². The molecule has 0 unspecified atom stereocenters. The van der Waals surface area contributed by atoms with E-state index in [1.54, 1.807) is 0 Å². The van der Waals surface area contributed by atoms with Gasteiger partial charge in [-0.25, -0.2) is 9.98 Å². The third-order valence-corrected chi connectivity index (χ3v) is 6.34. The molecule has 1 aromatic carbocycles. The molecule has 1 aliphatic heterocycles. The average Bonchev–Trinajstić information content (AvgIpc) is 3.13. The van der Waals surface area contributed by atoms with E-state index in [1.165, 1.54) is 26.7 Å². The van der Waals surface area contributed by atoms with E-state index in [0.717, 1.165) is 64.7 Å². The van der Waals surface area contributed by atoms with Crippen molar-refractivity contribution in [3.63, 3.8) is 0 Å². The van der Waals surface area contributed by atoms with Crippen molar-refractivity contribution in [2.75, 3.05) is 39.4 Å². The molecule has 8 heteroatoms. The number of aryl methyl sites for hydroxylation is 2. The van der Waals surface area contributed by atoms with Gasteiger partial charge in [-0.1, -0.05) is 31.2 Å². The Morgan fingerprint density at radius 3 is 2.58 bits per heavy atom. The Balaban J connectivity index is 0.00000341. The Labute approximate surface area is 207 Å². The summed E-state index contributed by atoms with van der Waals surface area (Å²) in [6.07, 6.45) is 1.92. The Morgan fingerprint density at radius 1 is 1.16 bits per heavy atom. The first-order chi connectivity index (χ1) is 14.7. The van der Waals surface area contributed by atoms with Gasteiger partial charge in [0.15, 0.2) is 5.96 Å². The molecule has 0 saturated carbocycles. The minimum Gasteiger partial charge on any atom is -0.379 e. The molecule has 1 aromatic heterocycles. The highest BCUT2D eigenvalue weighted by Gasteiger charge is 2.12. The highest BCUT2D eigenvalue weighted by atomic mass is 127. The van der Waals surface area contributed by atoms with Crippen LogP contribution in [0.15, 0.2) is 29.3 Å². The first-order valence-electron chi connectivity index (χ1n) is 11.0. The van der Waals surface area contributed by atoms with Crippen molar-refractivity contribution < 1.29 is 4.74 Å². The van der Waals surface area contributed by atoms with E-state index in [4.69, 9.17) is 14.7 Å². The maximum Gasteiger partial charge on any atom is 0.191 e. The average molecular weight is 558 g/mol. The first-order valence-corrected chi connectivity index (χ1v) is 11.9. The van der Waals surface area contributed by atoms with Gasteiger partial charge in [0, 0.05) is 44.0 Å². The van der Waals surface area contributed by atoms with Crippen LogP contribution in [-0.2, 0) is 30.7 Å². The number of ether oxygens (including phenoxy) is 1. The van der Waals surface area contributed by atoms with E-state index in [0.29, 0.717) is 6.54 Å². The molecule has 2 heterocycles. The Morgan fingerprint density at radius 2 is 1.90 bits per heavy atom. The minimum absolute atomic E-state index is 0. The van der Waals surface area contributed by atoms with Crippen LogP contribution in [0.1, 0.15) is 40.6 Å². The second kappa shape index (κ2) is 14.0. The lowest BCUT2D eigenvalue weighted by Gasteiger charge is -2.27. The molecule has 0 amide bonds. The Hall–Kier alpha value is -1.23. The Bertz CT molecular complexity index is 820. The van der Waals surface area contributed by atoms with E-state index in [9.17, 15) is 0 Å². The number of nitrogens with one attached hydrogen (secondary N) is 2. The van der Waals surface area contributed by atoms with Crippen LogP contribution < -0.4 is 10.6 Å². The van der Waals surface area contributed by atoms with Crippen LogP contribution in [0.4, 0.5) is 0 Å². The molecule has 0 bridgehead atoms. The second-order valence-electron chi connectivity index (χ2n) is 7.49. The fourth-order valence-electron chi connectivity index (χ4n) is 3.58. The zero-order valence-electron chi connectivity index (χ0n) is 18.9. The normalized spacial score (nSPS) is 14.9. The van der Waals surface area contributed by atoms with Crippen LogP contribution >= 0.6 is 35.3 Å². The van der Waals surface area contributed by atoms with Crippen molar-refractivity contribution in [3.8, 4) is 0 Å². The molecule has 1 aliphatic rings. The van der Waals surface area contributed by atoms with Gasteiger partial charge in [-0.05, 0) is 31.4 Å². The summed E-state index contributed by atoms with van der Waals surface area (Å²) >= 11 is 1.81. The predicted octanol–water partition coefficient (Wildman–Crippen LogP) is 3.76. The molecule has 172 valence electrons. The van der Waals surface area contributed by atoms with Gasteiger partial charge in [-0.15, -0.1) is 35.3 Å². The van der Waals surface area contributed by atoms with Crippen molar-refractivity contribution >= 4 is 41.3 Å². The van der Waals surface area contributed by atoms with Gasteiger partial charge in [0.25, 0.3) is 0 Å². The summed E-state index contributed by atoms with van der Waals surface area (Å²) in [4.78, 5) is 13.4. The number of rotatable bonds is 9. The monoisotopic (exact) mass is 557 g/mol. The van der Waals surface area contributed by atoms with E-state index in [2.05, 4.69) is 60.6 Å². The molecule has 0 radical (unpaired) electrons. The third kappa shape index (κ3) is 8.32. The summed E-state index contributed by atoms with van der Waals surface area (Å²) in [5.74, 6) is 0.864. The van der Waals surface area contributed by atoms with Gasteiger partial charge in [0.2, 0.25) is 0 Å².